The number of carbonyl (C=O) groups excluding carboxylic acids is 1. The molecule has 0 spiro atoms. The van der Waals surface area contributed by atoms with E-state index < -0.39 is 0 Å². The lowest BCUT2D eigenvalue weighted by Crippen LogP contribution is -2.12. The number of benzene rings is 2. The number of fused-ring (bicyclic) bond motifs is 1. The lowest BCUT2D eigenvalue weighted by atomic mass is 9.85. The van der Waals surface area contributed by atoms with Crippen LogP contribution in [-0.4, -0.2) is 5.91 Å². The Labute approximate surface area is 132 Å². The maximum absolute atomic E-state index is 12.4. The molecule has 114 valence electrons. The number of hydrogen-bond donors (Lipinski definition) is 1. The number of amides is 1. The van der Waals surface area contributed by atoms with Crippen molar-refractivity contribution in [1.82, 2.24) is 0 Å². The summed E-state index contributed by atoms with van der Waals surface area (Å²) in [4.78, 5) is 12.4. The molecule has 1 amide bonds. The second kappa shape index (κ2) is 5.96. The first-order valence-corrected chi connectivity index (χ1v) is 8.02. The molecule has 0 aliphatic heterocycles. The summed E-state index contributed by atoms with van der Waals surface area (Å²) in [6, 6.07) is 15.8. The molecule has 2 heteroatoms. The van der Waals surface area contributed by atoms with Crippen LogP contribution in [0.15, 0.2) is 48.5 Å². The molecule has 2 aromatic carbocycles. The number of hydrogen-bond acceptors (Lipinski definition) is 1. The molecule has 0 unspecified atom stereocenters. The van der Waals surface area contributed by atoms with Gasteiger partial charge in [0, 0.05) is 11.3 Å². The predicted octanol–water partition coefficient (Wildman–Crippen LogP) is 4.84. The van der Waals surface area contributed by atoms with Gasteiger partial charge in [0.15, 0.2) is 0 Å². The monoisotopic (exact) mass is 293 g/mol. The zero-order valence-electron chi connectivity index (χ0n) is 13.4. The molecule has 2 nitrogen and oxygen atoms in total. The average Bonchev–Trinajstić information content (AvgIpc) is 2.67. The molecule has 1 N–H and O–H groups in total. The number of para-hydroxylation sites is 1. The molecule has 3 rings (SSSR count). The molecule has 0 atom stereocenters. The van der Waals surface area contributed by atoms with Crippen molar-refractivity contribution in [3.05, 3.63) is 65.2 Å². The minimum Gasteiger partial charge on any atom is -0.322 e. The van der Waals surface area contributed by atoms with E-state index in [1.807, 2.05) is 36.4 Å². The van der Waals surface area contributed by atoms with Gasteiger partial charge in [0.2, 0.25) is 0 Å². The Morgan fingerprint density at radius 2 is 1.64 bits per heavy atom. The van der Waals surface area contributed by atoms with Gasteiger partial charge in [-0.15, -0.1) is 0 Å². The van der Waals surface area contributed by atoms with Crippen molar-refractivity contribution < 1.29 is 4.79 Å². The molecule has 1 aliphatic carbocycles. The quantitative estimate of drug-likeness (QED) is 0.788. The van der Waals surface area contributed by atoms with E-state index in [0.717, 1.165) is 24.1 Å². The molecule has 2 aromatic rings. The fourth-order valence-corrected chi connectivity index (χ4v) is 3.04. The van der Waals surface area contributed by atoms with Crippen LogP contribution in [0.2, 0.25) is 0 Å². The van der Waals surface area contributed by atoms with Gasteiger partial charge in [-0.2, -0.15) is 0 Å². The third-order valence-corrected chi connectivity index (χ3v) is 4.64. The first-order chi connectivity index (χ1) is 10.5. The van der Waals surface area contributed by atoms with Crippen molar-refractivity contribution in [2.75, 3.05) is 5.32 Å². The zero-order chi connectivity index (χ0) is 15.6. The van der Waals surface area contributed by atoms with Gasteiger partial charge in [-0.25, -0.2) is 0 Å². The van der Waals surface area contributed by atoms with Crippen LogP contribution in [0.3, 0.4) is 0 Å². The Balaban J connectivity index is 1.79. The SMILES string of the molecule is CC1(C)CCc2ccc(C(=O)Nc3ccccc3)cc2CC1. The molecule has 0 saturated heterocycles. The summed E-state index contributed by atoms with van der Waals surface area (Å²) in [7, 11) is 0. The number of nitrogens with one attached hydrogen (secondary N) is 1. The Bertz CT molecular complexity index is 673. The average molecular weight is 293 g/mol. The molecular weight excluding hydrogens is 270 g/mol. The second-order valence-corrected chi connectivity index (χ2v) is 6.97. The van der Waals surface area contributed by atoms with Gasteiger partial charge in [0.1, 0.15) is 0 Å². The zero-order valence-corrected chi connectivity index (χ0v) is 13.4. The summed E-state index contributed by atoms with van der Waals surface area (Å²) in [5, 5.41) is 2.96. The maximum Gasteiger partial charge on any atom is 0.255 e. The van der Waals surface area contributed by atoms with Crippen LogP contribution in [0.5, 0.6) is 0 Å². The van der Waals surface area contributed by atoms with Crippen LogP contribution >= 0.6 is 0 Å². The minimum atomic E-state index is -0.0301. The highest BCUT2D eigenvalue weighted by atomic mass is 16.1. The largest absolute Gasteiger partial charge is 0.322 e. The summed E-state index contributed by atoms with van der Waals surface area (Å²) in [5.74, 6) is -0.0301. The summed E-state index contributed by atoms with van der Waals surface area (Å²) >= 11 is 0. The van der Waals surface area contributed by atoms with E-state index in [2.05, 4.69) is 31.3 Å². The summed E-state index contributed by atoms with van der Waals surface area (Å²) < 4.78 is 0. The van der Waals surface area contributed by atoms with Crippen LogP contribution in [-0.2, 0) is 12.8 Å². The molecule has 0 radical (unpaired) electrons. The minimum absolute atomic E-state index is 0.0301. The van der Waals surface area contributed by atoms with E-state index >= 15 is 0 Å². The highest BCUT2D eigenvalue weighted by Gasteiger charge is 2.23. The number of carbonyl (C=O) groups is 1. The molecular formula is C20H23NO. The molecule has 0 fully saturated rings. The fraction of sp³-hybridized carbons (Fsp3) is 0.350. The van der Waals surface area contributed by atoms with Gasteiger partial charge in [0.05, 0.1) is 0 Å². The molecule has 0 bridgehead atoms. The summed E-state index contributed by atoms with van der Waals surface area (Å²) in [6.45, 7) is 4.67. The van der Waals surface area contributed by atoms with E-state index in [-0.39, 0.29) is 5.91 Å². The topological polar surface area (TPSA) is 29.1 Å². The van der Waals surface area contributed by atoms with Crippen LogP contribution in [0, 0.1) is 5.41 Å². The Kier molecular flexibility index (Phi) is 4.02. The lowest BCUT2D eigenvalue weighted by molar-refractivity contribution is 0.102. The second-order valence-electron chi connectivity index (χ2n) is 6.97. The lowest BCUT2D eigenvalue weighted by Gasteiger charge is -2.21. The Morgan fingerprint density at radius 1 is 0.955 bits per heavy atom. The molecule has 0 heterocycles. The standard InChI is InChI=1S/C20H23NO/c1-20(2)12-10-15-8-9-17(14-16(15)11-13-20)19(22)21-18-6-4-3-5-7-18/h3-9,14H,10-13H2,1-2H3,(H,21,22). The highest BCUT2D eigenvalue weighted by Crippen LogP contribution is 2.33. The van der Waals surface area contributed by atoms with Crippen molar-refractivity contribution >= 4 is 11.6 Å². The Morgan fingerprint density at radius 3 is 2.36 bits per heavy atom. The van der Waals surface area contributed by atoms with Crippen LogP contribution in [0.4, 0.5) is 5.69 Å². The van der Waals surface area contributed by atoms with Crippen molar-refractivity contribution in [3.63, 3.8) is 0 Å². The molecule has 0 saturated carbocycles. The van der Waals surface area contributed by atoms with Gasteiger partial charge in [-0.1, -0.05) is 38.1 Å². The van der Waals surface area contributed by atoms with Gasteiger partial charge in [0.25, 0.3) is 5.91 Å². The molecule has 0 aromatic heterocycles. The molecule has 1 aliphatic rings. The fourth-order valence-electron chi connectivity index (χ4n) is 3.04. The number of aryl methyl sites for hydroxylation is 2. The van der Waals surface area contributed by atoms with Crippen molar-refractivity contribution in [2.24, 2.45) is 5.41 Å². The third kappa shape index (κ3) is 3.38. The highest BCUT2D eigenvalue weighted by molar-refractivity contribution is 6.04. The van der Waals surface area contributed by atoms with E-state index in [1.54, 1.807) is 0 Å². The van der Waals surface area contributed by atoms with Crippen molar-refractivity contribution in [2.45, 2.75) is 39.5 Å². The van der Waals surface area contributed by atoms with Gasteiger partial charge < -0.3 is 5.32 Å². The third-order valence-electron chi connectivity index (χ3n) is 4.64. The van der Waals surface area contributed by atoms with E-state index in [1.165, 1.54) is 24.0 Å². The normalized spacial score (nSPS) is 16.5. The Hall–Kier alpha value is -2.09. The van der Waals surface area contributed by atoms with Gasteiger partial charge in [-0.05, 0) is 66.5 Å². The predicted molar refractivity (Wildman–Crippen MR) is 91.3 cm³/mol. The maximum atomic E-state index is 12.4. The van der Waals surface area contributed by atoms with Crippen molar-refractivity contribution in [3.8, 4) is 0 Å². The van der Waals surface area contributed by atoms with Crippen LogP contribution < -0.4 is 5.32 Å². The first-order valence-electron chi connectivity index (χ1n) is 8.02. The van der Waals surface area contributed by atoms with E-state index in [9.17, 15) is 4.79 Å². The smallest absolute Gasteiger partial charge is 0.255 e. The van der Waals surface area contributed by atoms with Crippen LogP contribution in [0.1, 0.15) is 48.2 Å². The summed E-state index contributed by atoms with van der Waals surface area (Å²) in [5.41, 5.74) is 4.73. The van der Waals surface area contributed by atoms with Crippen LogP contribution in [0.25, 0.3) is 0 Å². The molecule has 22 heavy (non-hydrogen) atoms. The number of rotatable bonds is 2. The van der Waals surface area contributed by atoms with Gasteiger partial charge >= 0.3 is 0 Å². The van der Waals surface area contributed by atoms with E-state index in [4.69, 9.17) is 0 Å². The summed E-state index contributed by atoms with van der Waals surface area (Å²) in [6.07, 6.45) is 4.58. The van der Waals surface area contributed by atoms with Crippen molar-refractivity contribution in [1.29, 1.82) is 0 Å². The van der Waals surface area contributed by atoms with E-state index in [0.29, 0.717) is 5.41 Å². The van der Waals surface area contributed by atoms with Gasteiger partial charge in [-0.3, -0.25) is 4.79 Å². The number of anilines is 1. The first kappa shape index (κ1) is 14.8.